The molecule has 0 amide bonds. The van der Waals surface area contributed by atoms with Gasteiger partial charge in [-0.2, -0.15) is 0 Å². The number of rotatable bonds is 4. The summed E-state index contributed by atoms with van der Waals surface area (Å²) >= 11 is 0. The molecule has 0 heterocycles. The zero-order chi connectivity index (χ0) is 6.41. The quantitative estimate of drug-likeness (QED) is 0.543. The van der Waals surface area contributed by atoms with Crippen LogP contribution in [0.5, 0.6) is 0 Å². The van der Waals surface area contributed by atoms with Crippen LogP contribution >= 0.6 is 0 Å². The van der Waals surface area contributed by atoms with Gasteiger partial charge in [-0.1, -0.05) is 6.92 Å². The normalized spacial score (nSPS) is 9.25. The first kappa shape index (κ1) is 7.63. The summed E-state index contributed by atoms with van der Waals surface area (Å²) in [5, 5.41) is 2.98. The Labute approximate surface area is 50.3 Å². The van der Waals surface area contributed by atoms with Crippen LogP contribution in [0, 0.1) is 0 Å². The van der Waals surface area contributed by atoms with Gasteiger partial charge in [0.25, 0.3) is 0 Å². The topological polar surface area (TPSA) is 29.1 Å². The molecule has 0 aromatic rings. The van der Waals surface area contributed by atoms with Gasteiger partial charge in [0.15, 0.2) is 0 Å². The van der Waals surface area contributed by atoms with Crippen LogP contribution in [-0.4, -0.2) is 18.9 Å². The summed E-state index contributed by atoms with van der Waals surface area (Å²) in [6, 6.07) is 0. The Morgan fingerprint density at radius 2 is 2.25 bits per heavy atom. The van der Waals surface area contributed by atoms with Gasteiger partial charge in [-0.3, -0.25) is 4.79 Å². The van der Waals surface area contributed by atoms with E-state index in [1.54, 1.807) is 6.92 Å². The Morgan fingerprint density at radius 1 is 1.62 bits per heavy atom. The number of carbonyl (C=O) groups excluding carboxylic acids is 1. The zero-order valence-corrected chi connectivity index (χ0v) is 5.53. The van der Waals surface area contributed by atoms with Crippen molar-refractivity contribution in [2.24, 2.45) is 0 Å². The Kier molecular flexibility index (Phi) is 4.56. The maximum absolute atomic E-state index is 10.3. The van der Waals surface area contributed by atoms with Crippen molar-refractivity contribution < 1.29 is 4.79 Å². The van der Waals surface area contributed by atoms with Crippen LogP contribution in [0.2, 0.25) is 0 Å². The van der Waals surface area contributed by atoms with Crippen LogP contribution in [0.4, 0.5) is 0 Å². The van der Waals surface area contributed by atoms with E-state index >= 15 is 0 Å². The molecule has 0 radical (unpaired) electrons. The second-order valence-corrected chi connectivity index (χ2v) is 1.88. The first-order chi connectivity index (χ1) is 3.77. The maximum Gasteiger partial charge on any atom is 0.143 e. The molecule has 0 aliphatic heterocycles. The van der Waals surface area contributed by atoms with Gasteiger partial charge in [0.05, 0.1) is 6.54 Å². The van der Waals surface area contributed by atoms with Crippen molar-refractivity contribution in [2.45, 2.75) is 20.3 Å². The molecule has 2 nitrogen and oxygen atoms in total. The van der Waals surface area contributed by atoms with Crippen LogP contribution in [0.15, 0.2) is 0 Å². The van der Waals surface area contributed by atoms with Crippen molar-refractivity contribution in [3.05, 3.63) is 0 Å². The van der Waals surface area contributed by atoms with Crippen molar-refractivity contribution in [3.8, 4) is 0 Å². The van der Waals surface area contributed by atoms with E-state index in [0.29, 0.717) is 6.54 Å². The molecule has 0 atom stereocenters. The minimum absolute atomic E-state index is 0.207. The van der Waals surface area contributed by atoms with Crippen molar-refractivity contribution >= 4 is 5.78 Å². The molecular formula is C6H13NO. The van der Waals surface area contributed by atoms with E-state index in [1.165, 1.54) is 0 Å². The third-order valence-electron chi connectivity index (χ3n) is 0.801. The van der Waals surface area contributed by atoms with Gasteiger partial charge in [0.1, 0.15) is 5.78 Å². The summed E-state index contributed by atoms with van der Waals surface area (Å²) < 4.78 is 0. The molecule has 8 heavy (non-hydrogen) atoms. The summed E-state index contributed by atoms with van der Waals surface area (Å²) in [5.41, 5.74) is 0. The average molecular weight is 115 g/mol. The second kappa shape index (κ2) is 4.78. The van der Waals surface area contributed by atoms with Gasteiger partial charge < -0.3 is 5.32 Å². The molecule has 0 aromatic heterocycles. The van der Waals surface area contributed by atoms with Gasteiger partial charge in [0, 0.05) is 0 Å². The minimum Gasteiger partial charge on any atom is -0.310 e. The molecule has 2 heteroatoms. The summed E-state index contributed by atoms with van der Waals surface area (Å²) in [5.74, 6) is 0.207. The highest BCUT2D eigenvalue weighted by Crippen LogP contribution is 1.69. The fourth-order valence-electron chi connectivity index (χ4n) is 0.441. The summed E-state index contributed by atoms with van der Waals surface area (Å²) in [6.45, 7) is 5.13. The van der Waals surface area contributed by atoms with Gasteiger partial charge in [-0.15, -0.1) is 0 Å². The Hall–Kier alpha value is -0.370. The third kappa shape index (κ3) is 5.63. The molecule has 0 saturated carbocycles. The number of nitrogens with one attached hydrogen (secondary N) is 1. The van der Waals surface area contributed by atoms with E-state index in [0.717, 1.165) is 13.0 Å². The molecule has 0 spiro atoms. The second-order valence-electron chi connectivity index (χ2n) is 1.88. The van der Waals surface area contributed by atoms with Crippen molar-refractivity contribution in [1.29, 1.82) is 0 Å². The fourth-order valence-corrected chi connectivity index (χ4v) is 0.441. The monoisotopic (exact) mass is 115 g/mol. The van der Waals surface area contributed by atoms with Crippen LogP contribution in [-0.2, 0) is 4.79 Å². The number of hydrogen-bond acceptors (Lipinski definition) is 2. The maximum atomic E-state index is 10.3. The van der Waals surface area contributed by atoms with E-state index in [4.69, 9.17) is 0 Å². The first-order valence-corrected chi connectivity index (χ1v) is 2.97. The standard InChI is InChI=1S/C6H13NO/c1-3-4-7-5-6(2)8/h7H,3-5H2,1-2H3. The Bertz CT molecular complexity index is 70.9. The lowest BCUT2D eigenvalue weighted by molar-refractivity contribution is -0.116. The smallest absolute Gasteiger partial charge is 0.143 e. The van der Waals surface area contributed by atoms with Gasteiger partial charge in [-0.05, 0) is 19.9 Å². The predicted molar refractivity (Wildman–Crippen MR) is 33.8 cm³/mol. The molecule has 0 aromatic carbocycles. The van der Waals surface area contributed by atoms with Gasteiger partial charge in [0.2, 0.25) is 0 Å². The number of ketones is 1. The summed E-state index contributed by atoms with van der Waals surface area (Å²) in [6.07, 6.45) is 1.09. The van der Waals surface area contributed by atoms with E-state index in [9.17, 15) is 4.79 Å². The highest BCUT2D eigenvalue weighted by atomic mass is 16.1. The Morgan fingerprint density at radius 3 is 2.62 bits per heavy atom. The minimum atomic E-state index is 0.207. The fraction of sp³-hybridized carbons (Fsp3) is 0.833. The number of carbonyl (C=O) groups is 1. The molecule has 0 bridgehead atoms. The SMILES string of the molecule is CCCNCC(C)=O. The third-order valence-corrected chi connectivity index (χ3v) is 0.801. The lowest BCUT2D eigenvalue weighted by Crippen LogP contribution is -2.21. The highest BCUT2D eigenvalue weighted by molar-refractivity contribution is 5.77. The van der Waals surface area contributed by atoms with Crippen LogP contribution in [0.25, 0.3) is 0 Å². The van der Waals surface area contributed by atoms with E-state index in [2.05, 4.69) is 12.2 Å². The molecule has 0 aliphatic carbocycles. The molecule has 0 rings (SSSR count). The van der Waals surface area contributed by atoms with Gasteiger partial charge >= 0.3 is 0 Å². The summed E-state index contributed by atoms with van der Waals surface area (Å²) in [4.78, 5) is 10.3. The molecule has 1 N–H and O–H groups in total. The summed E-state index contributed by atoms with van der Waals surface area (Å²) in [7, 11) is 0. The zero-order valence-electron chi connectivity index (χ0n) is 5.53. The Balaban J connectivity index is 2.82. The number of Topliss-reactive ketones (excluding diaryl/α,β-unsaturated/α-hetero) is 1. The van der Waals surface area contributed by atoms with Crippen LogP contribution in [0.1, 0.15) is 20.3 Å². The first-order valence-electron chi connectivity index (χ1n) is 2.97. The molecule has 0 unspecified atom stereocenters. The molecule has 0 aliphatic rings. The van der Waals surface area contributed by atoms with Crippen molar-refractivity contribution in [3.63, 3.8) is 0 Å². The van der Waals surface area contributed by atoms with Crippen LogP contribution < -0.4 is 5.32 Å². The molecular weight excluding hydrogens is 102 g/mol. The average Bonchev–Trinajstić information content (AvgIpc) is 1.66. The van der Waals surface area contributed by atoms with Crippen molar-refractivity contribution in [2.75, 3.05) is 13.1 Å². The lowest BCUT2D eigenvalue weighted by atomic mass is 10.4. The highest BCUT2D eigenvalue weighted by Gasteiger charge is 1.87. The largest absolute Gasteiger partial charge is 0.310 e. The van der Waals surface area contributed by atoms with E-state index < -0.39 is 0 Å². The molecule has 48 valence electrons. The van der Waals surface area contributed by atoms with Gasteiger partial charge in [-0.25, -0.2) is 0 Å². The van der Waals surface area contributed by atoms with Crippen LogP contribution in [0.3, 0.4) is 0 Å². The number of hydrogen-bond donors (Lipinski definition) is 1. The lowest BCUT2D eigenvalue weighted by Gasteiger charge is -1.95. The van der Waals surface area contributed by atoms with E-state index in [1.807, 2.05) is 0 Å². The molecule has 0 saturated heterocycles. The van der Waals surface area contributed by atoms with E-state index in [-0.39, 0.29) is 5.78 Å². The van der Waals surface area contributed by atoms with Crippen molar-refractivity contribution in [1.82, 2.24) is 5.32 Å². The molecule has 0 fully saturated rings. The predicted octanol–water partition coefficient (Wildman–Crippen LogP) is 0.575.